The number of esters is 2. The van der Waals surface area contributed by atoms with E-state index in [2.05, 4.69) is 102 Å². The van der Waals surface area contributed by atoms with Gasteiger partial charge in [-0.15, -0.1) is 0 Å². The van der Waals surface area contributed by atoms with E-state index in [0.717, 1.165) is 142 Å². The second kappa shape index (κ2) is 123. The van der Waals surface area contributed by atoms with Gasteiger partial charge in [-0.25, -0.2) is 0 Å². The van der Waals surface area contributed by atoms with Crippen molar-refractivity contribution < 1.29 is 44.0 Å². The van der Waals surface area contributed by atoms with E-state index in [9.17, 15) is 34.5 Å². The summed E-state index contributed by atoms with van der Waals surface area (Å²) in [6.45, 7) is 32.5. The van der Waals surface area contributed by atoms with Crippen molar-refractivity contribution in [3.63, 3.8) is 0 Å². The number of aliphatic hydroxyl groups excluding tert-OH is 3. The molecular formula is C125H255N9O9. The van der Waals surface area contributed by atoms with Gasteiger partial charge in [-0.2, -0.15) is 0 Å². The molecule has 0 fully saturated rings. The molecule has 8 N–H and O–H groups in total. The summed E-state index contributed by atoms with van der Waals surface area (Å²) in [5, 5.41) is 49.4. The number of nitrogens with zero attached hydrogens (tertiary/aromatic N) is 4. The van der Waals surface area contributed by atoms with Crippen molar-refractivity contribution in [3.05, 3.63) is 0 Å². The van der Waals surface area contributed by atoms with E-state index < -0.39 is 18.3 Å². The Balaban J connectivity index is 0. The number of aliphatic hydroxyl groups is 3. The zero-order valence-electron chi connectivity index (χ0n) is 97.6. The van der Waals surface area contributed by atoms with Gasteiger partial charge >= 0.3 is 11.9 Å². The predicted octanol–water partition coefficient (Wildman–Crippen LogP) is 31.8. The molecule has 0 aliphatic carbocycles. The first kappa shape index (κ1) is 143. The number of hydrogen-bond acceptors (Lipinski definition) is 16. The Morgan fingerprint density at radius 1 is 0.196 bits per heavy atom. The molecule has 18 nitrogen and oxygen atoms in total. The highest BCUT2D eigenvalue weighted by Crippen LogP contribution is 2.22. The monoisotopic (exact) mass is 2030 g/mol. The van der Waals surface area contributed by atoms with Crippen molar-refractivity contribution in [2.24, 2.45) is 0 Å². The Morgan fingerprint density at radius 2 is 0.357 bits per heavy atom. The molecule has 0 rings (SSSR count). The maximum Gasteiger partial charge on any atom is 0.319 e. The molecule has 2 amide bonds. The first-order chi connectivity index (χ1) is 70.3. The van der Waals surface area contributed by atoms with Gasteiger partial charge in [0.2, 0.25) is 11.8 Å². The first-order valence-corrected chi connectivity index (χ1v) is 64.2. The summed E-state index contributed by atoms with van der Waals surface area (Å²) in [7, 11) is 0. The molecule has 854 valence electrons. The number of unbranched alkanes of at least 4 members (excludes halogenated alkanes) is 78. The number of ether oxygens (including phenoxy) is 2. The van der Waals surface area contributed by atoms with Crippen LogP contribution >= 0.6 is 0 Å². The van der Waals surface area contributed by atoms with Crippen LogP contribution in [0.4, 0.5) is 0 Å². The Labute approximate surface area is 891 Å². The third-order valence-corrected chi connectivity index (χ3v) is 29.7. The summed E-state index contributed by atoms with van der Waals surface area (Å²) >= 11 is 0. The van der Waals surface area contributed by atoms with E-state index in [1.165, 1.54) is 488 Å². The van der Waals surface area contributed by atoms with Crippen LogP contribution in [0.1, 0.15) is 620 Å². The molecule has 143 heavy (non-hydrogen) atoms. The summed E-state index contributed by atoms with van der Waals surface area (Å²) in [5.74, 6) is -0.253. The lowest BCUT2D eigenvalue weighted by Crippen LogP contribution is -2.42. The van der Waals surface area contributed by atoms with E-state index in [4.69, 9.17) is 9.47 Å². The fourth-order valence-electron chi connectivity index (χ4n) is 20.3. The second-order valence-corrected chi connectivity index (χ2v) is 44.5. The molecule has 3 atom stereocenters. The average molecular weight is 2030 g/mol. The summed E-state index contributed by atoms with van der Waals surface area (Å²) in [4.78, 5) is 60.4. The average Bonchev–Trinajstić information content (AvgIpc) is 0.949. The molecule has 0 heterocycles. The molecular weight excluding hydrogens is 1770 g/mol. The van der Waals surface area contributed by atoms with Crippen molar-refractivity contribution in [3.8, 4) is 0 Å². The lowest BCUT2D eigenvalue weighted by Gasteiger charge is -2.27. The lowest BCUT2D eigenvalue weighted by atomic mass is 10.1. The Bertz CT molecular complexity index is 2370. The fraction of sp³-hybridized carbons (Fsp3) is 0.968. The van der Waals surface area contributed by atoms with Crippen molar-refractivity contribution in [2.75, 3.05) is 144 Å². The Hall–Kier alpha value is -2.52. The Kier molecular flexibility index (Phi) is 123. The highest BCUT2D eigenvalue weighted by Gasteiger charge is 2.20. The van der Waals surface area contributed by atoms with E-state index in [1.807, 2.05) is 0 Å². The van der Waals surface area contributed by atoms with Crippen molar-refractivity contribution in [1.29, 1.82) is 0 Å². The number of nitrogens with one attached hydrogen (secondary N) is 5. The molecule has 0 aromatic rings. The van der Waals surface area contributed by atoms with Gasteiger partial charge in [-0.3, -0.25) is 24.1 Å². The van der Waals surface area contributed by atoms with Gasteiger partial charge in [0.1, 0.15) is 0 Å². The molecule has 3 unspecified atom stereocenters. The second-order valence-electron chi connectivity index (χ2n) is 44.5. The molecule has 18 heteroatoms. The number of carbonyl (C=O) groups is 4. The van der Waals surface area contributed by atoms with Crippen LogP contribution in [-0.2, 0) is 28.7 Å². The molecule has 0 radical (unpaired) electrons. The third kappa shape index (κ3) is 118. The molecule has 0 aliphatic heterocycles. The van der Waals surface area contributed by atoms with Gasteiger partial charge in [0.05, 0.1) is 57.7 Å². The fourth-order valence-corrected chi connectivity index (χ4v) is 20.3. The molecule has 0 aromatic heterocycles. The van der Waals surface area contributed by atoms with Crippen LogP contribution in [-0.4, -0.2) is 221 Å². The van der Waals surface area contributed by atoms with E-state index in [-0.39, 0.29) is 43.4 Å². The van der Waals surface area contributed by atoms with Crippen LogP contribution in [0.15, 0.2) is 0 Å². The number of carbonyl (C=O) groups excluding carboxylic acids is 4. The highest BCUT2D eigenvalue weighted by atomic mass is 16.5. The van der Waals surface area contributed by atoms with Crippen LogP contribution in [0.2, 0.25) is 0 Å². The van der Waals surface area contributed by atoms with Gasteiger partial charge in [0.25, 0.3) is 0 Å². The highest BCUT2D eigenvalue weighted by molar-refractivity contribution is 5.78. The largest absolute Gasteiger partial charge is 0.465 e. The topological polar surface area (TPSA) is 221 Å². The van der Waals surface area contributed by atoms with Gasteiger partial charge in [0.15, 0.2) is 0 Å². The van der Waals surface area contributed by atoms with Gasteiger partial charge in [0, 0.05) is 52.4 Å². The quantitative estimate of drug-likeness (QED) is 0.0210. The molecule has 0 saturated carbocycles. The van der Waals surface area contributed by atoms with E-state index in [0.29, 0.717) is 59.0 Å². The van der Waals surface area contributed by atoms with Gasteiger partial charge < -0.3 is 66.1 Å². The minimum atomic E-state index is -0.561. The molecule has 0 aromatic carbocycles. The van der Waals surface area contributed by atoms with E-state index >= 15 is 0 Å². The maximum atomic E-state index is 13.2. The zero-order valence-corrected chi connectivity index (χ0v) is 97.6. The smallest absolute Gasteiger partial charge is 0.319 e. The Morgan fingerprint density at radius 3 is 0.566 bits per heavy atom. The van der Waals surface area contributed by atoms with Gasteiger partial charge in [-0.05, 0) is 129 Å². The summed E-state index contributed by atoms with van der Waals surface area (Å²) in [6, 6.07) is 0. The van der Waals surface area contributed by atoms with Crippen LogP contribution in [0.3, 0.4) is 0 Å². The standard InChI is InChI=1S/C66H134N4O6.C59H121N5O3/c1-5-9-13-17-21-25-29-31-33-37-41-45-51-69(61-63(71)57-67-59-65(73)75-55-49-43-39-35-27-23-19-15-11-7-3)53-47-48-54-70(52-46-42-38-34-32-30-26-22-18-14-10-6-2)62-64(72)58-68-60-66(74)76-56-50-44-40-36-28-24-20-16-12-8-4;1-5-9-13-17-21-25-27-29-31-35-39-43-49-63(55-57(65)53-60-54-58(66)61-47-41-37-33-23-19-15-11-7-3)51-45-46-52-64(50-44-40-36-32-30-28-26-22-18-14-10-6-2)56-59(67)62-48-42-38-34-24-20-16-12-8-4/h63-64,67-68,71-72H,5-62H2,1-4H3;57,60,65H,5-56H2,1-4H3,(H,61,66)(H,62,67). The third-order valence-electron chi connectivity index (χ3n) is 29.7. The SMILES string of the molecule is CCCCCCCCCCCCCCN(CCCCN(CCCCCCCCCCCCCC)CC(O)CNCC(=O)NCCCCCCCCCC)CC(=O)NCCCCCCCCCC.CCCCCCCCCCCCCCN(CCCCN(CCCCCCCCCCCCCC)CC(O)CNCC(=O)OCCCCCCCCCCCC)CC(O)CNCC(=O)OCCCCCCCCCCCC. The van der Waals surface area contributed by atoms with Crippen LogP contribution in [0, 0.1) is 0 Å². The van der Waals surface area contributed by atoms with Crippen molar-refractivity contribution >= 4 is 23.8 Å². The molecule has 0 bridgehead atoms. The molecule has 0 spiro atoms. The summed E-state index contributed by atoms with van der Waals surface area (Å²) < 4.78 is 11.0. The summed E-state index contributed by atoms with van der Waals surface area (Å²) in [5.41, 5.74) is 0. The normalized spacial score (nSPS) is 12.4. The minimum absolute atomic E-state index is 0.0263. The van der Waals surface area contributed by atoms with Crippen LogP contribution < -0.4 is 26.6 Å². The molecule has 0 aliphatic rings. The van der Waals surface area contributed by atoms with Crippen molar-refractivity contribution in [2.45, 2.75) is 639 Å². The number of rotatable bonds is 122. The predicted molar refractivity (Wildman–Crippen MR) is 622 cm³/mol. The first-order valence-electron chi connectivity index (χ1n) is 64.2. The number of amides is 2. The lowest BCUT2D eigenvalue weighted by molar-refractivity contribution is -0.143. The van der Waals surface area contributed by atoms with E-state index in [1.54, 1.807) is 0 Å². The van der Waals surface area contributed by atoms with Crippen LogP contribution in [0.25, 0.3) is 0 Å². The van der Waals surface area contributed by atoms with Crippen molar-refractivity contribution in [1.82, 2.24) is 46.2 Å². The zero-order chi connectivity index (χ0) is 104. The minimum Gasteiger partial charge on any atom is -0.465 e. The number of hydrogen-bond donors (Lipinski definition) is 8. The van der Waals surface area contributed by atoms with Gasteiger partial charge in [-0.1, -0.05) is 543 Å². The summed E-state index contributed by atoms with van der Waals surface area (Å²) in [6.07, 6.45) is 112. The maximum absolute atomic E-state index is 13.2. The van der Waals surface area contributed by atoms with Crippen LogP contribution in [0.5, 0.6) is 0 Å². The molecule has 0 saturated heterocycles.